The van der Waals surface area contributed by atoms with E-state index in [-0.39, 0.29) is 22.8 Å². The molecule has 1 aliphatic heterocycles. The van der Waals surface area contributed by atoms with Crippen LogP contribution in [0.3, 0.4) is 0 Å². The Kier molecular flexibility index (Phi) is 8.70. The normalized spacial score (nSPS) is 18.0. The Hall–Kier alpha value is -2.35. The smallest absolute Gasteiger partial charge is 0.328 e. The molecule has 0 bridgehead atoms. The van der Waals surface area contributed by atoms with Crippen molar-refractivity contribution in [3.05, 3.63) is 35.9 Å². The van der Waals surface area contributed by atoms with Crippen LogP contribution in [0.4, 0.5) is 0 Å². The van der Waals surface area contributed by atoms with E-state index in [1.165, 1.54) is 14.0 Å². The van der Waals surface area contributed by atoms with E-state index in [0.717, 1.165) is 23.7 Å². The zero-order valence-corrected chi connectivity index (χ0v) is 17.9. The molecule has 1 aromatic carbocycles. The fourth-order valence-electron chi connectivity index (χ4n) is 3.35. The minimum atomic E-state index is -0.821. The molecule has 7 nitrogen and oxygen atoms in total. The molecule has 0 spiro atoms. The van der Waals surface area contributed by atoms with Crippen LogP contribution in [0.2, 0.25) is 0 Å². The molecule has 0 unspecified atom stereocenters. The number of nitrogens with one attached hydrogen (secondary N) is 1. The maximum absolute atomic E-state index is 12.9. The average molecular weight is 421 g/mol. The fourth-order valence-corrected chi connectivity index (χ4v) is 3.98. The minimum Gasteiger partial charge on any atom is -0.467 e. The number of carbonyl (C=O) groups excluding carboxylic acids is 4. The first-order valence-corrected chi connectivity index (χ1v) is 10.7. The second-order valence-electron chi connectivity index (χ2n) is 7.17. The van der Waals surface area contributed by atoms with Gasteiger partial charge in [0, 0.05) is 31.6 Å². The predicted octanol–water partition coefficient (Wildman–Crippen LogP) is 1.79. The van der Waals surface area contributed by atoms with Gasteiger partial charge < -0.3 is 15.0 Å². The summed E-state index contributed by atoms with van der Waals surface area (Å²) in [5.41, 5.74) is 0.900. The van der Waals surface area contributed by atoms with Gasteiger partial charge in [-0.25, -0.2) is 4.79 Å². The molecule has 2 rings (SSSR count). The summed E-state index contributed by atoms with van der Waals surface area (Å²) in [7, 11) is 1.28. The lowest BCUT2D eigenvalue weighted by Crippen LogP contribution is -2.52. The summed E-state index contributed by atoms with van der Waals surface area (Å²) in [5, 5.41) is 2.73. The van der Waals surface area contributed by atoms with E-state index < -0.39 is 18.1 Å². The van der Waals surface area contributed by atoms with E-state index in [1.54, 1.807) is 11.8 Å². The first-order chi connectivity index (χ1) is 13.8. The van der Waals surface area contributed by atoms with E-state index >= 15 is 0 Å². The topological polar surface area (TPSA) is 92.8 Å². The molecule has 2 amide bonds. The number of esters is 1. The van der Waals surface area contributed by atoms with Crippen molar-refractivity contribution < 1.29 is 23.9 Å². The second kappa shape index (κ2) is 11.0. The highest BCUT2D eigenvalue weighted by Gasteiger charge is 2.37. The van der Waals surface area contributed by atoms with Gasteiger partial charge in [-0.15, -0.1) is 0 Å². The molecule has 0 saturated carbocycles. The van der Waals surface area contributed by atoms with Crippen LogP contribution in [0.1, 0.15) is 32.3 Å². The number of rotatable bonds is 8. The van der Waals surface area contributed by atoms with Crippen LogP contribution in [0.25, 0.3) is 0 Å². The standard InChI is InChI=1S/C21H28N2O5S/c1-14(13-29-15(2)24)20(26)23-11-7-10-18(23)19(25)22-17(21(27)28-3)12-16-8-5-4-6-9-16/h4-6,8-9,14,17-18H,7,10-13H2,1-3H3,(H,22,25)/t14-,17+,18+/m1/s1. The number of amides is 2. The highest BCUT2D eigenvalue weighted by molar-refractivity contribution is 8.13. The van der Waals surface area contributed by atoms with Gasteiger partial charge in [-0.1, -0.05) is 49.0 Å². The molecule has 0 radical (unpaired) electrons. The van der Waals surface area contributed by atoms with E-state index in [4.69, 9.17) is 4.74 Å². The van der Waals surface area contributed by atoms with Gasteiger partial charge in [0.25, 0.3) is 0 Å². The summed E-state index contributed by atoms with van der Waals surface area (Å²) in [4.78, 5) is 50.6. The van der Waals surface area contributed by atoms with Crippen LogP contribution in [0.5, 0.6) is 0 Å². The molecule has 1 aromatic rings. The summed E-state index contributed by atoms with van der Waals surface area (Å²) in [6, 6.07) is 7.92. The number of carbonyl (C=O) groups is 4. The van der Waals surface area contributed by atoms with Crippen LogP contribution in [-0.4, -0.2) is 59.3 Å². The van der Waals surface area contributed by atoms with E-state index in [1.807, 2.05) is 30.3 Å². The number of thioether (sulfide) groups is 1. The monoisotopic (exact) mass is 420 g/mol. The van der Waals surface area contributed by atoms with Crippen molar-refractivity contribution in [3.63, 3.8) is 0 Å². The molecule has 1 heterocycles. The van der Waals surface area contributed by atoms with Crippen molar-refractivity contribution in [2.24, 2.45) is 5.92 Å². The number of likely N-dealkylation sites (tertiary alicyclic amines) is 1. The van der Waals surface area contributed by atoms with Crippen LogP contribution in [0.15, 0.2) is 30.3 Å². The maximum atomic E-state index is 12.9. The quantitative estimate of drug-likeness (QED) is 0.645. The molecule has 29 heavy (non-hydrogen) atoms. The minimum absolute atomic E-state index is 0.0396. The van der Waals surface area contributed by atoms with Gasteiger partial charge in [-0.05, 0) is 18.4 Å². The van der Waals surface area contributed by atoms with Crippen molar-refractivity contribution in [2.75, 3.05) is 19.4 Å². The highest BCUT2D eigenvalue weighted by atomic mass is 32.2. The zero-order chi connectivity index (χ0) is 21.4. The van der Waals surface area contributed by atoms with Crippen molar-refractivity contribution in [2.45, 2.75) is 45.2 Å². The Bertz CT molecular complexity index is 740. The van der Waals surface area contributed by atoms with Gasteiger partial charge in [-0.2, -0.15) is 0 Å². The van der Waals surface area contributed by atoms with Gasteiger partial charge in [0.05, 0.1) is 7.11 Å². The molecule has 0 aliphatic carbocycles. The first-order valence-electron chi connectivity index (χ1n) is 9.69. The molecule has 1 saturated heterocycles. The predicted molar refractivity (Wildman–Crippen MR) is 111 cm³/mol. The van der Waals surface area contributed by atoms with Crippen LogP contribution in [0, 0.1) is 5.92 Å². The Labute approximate surface area is 175 Å². The summed E-state index contributed by atoms with van der Waals surface area (Å²) >= 11 is 1.11. The number of hydrogen-bond acceptors (Lipinski definition) is 6. The summed E-state index contributed by atoms with van der Waals surface area (Å²) in [6.07, 6.45) is 1.58. The van der Waals surface area contributed by atoms with Gasteiger partial charge in [0.15, 0.2) is 5.12 Å². The second-order valence-corrected chi connectivity index (χ2v) is 8.36. The number of methoxy groups -OCH3 is 1. The van der Waals surface area contributed by atoms with E-state index in [9.17, 15) is 19.2 Å². The molecular formula is C21H28N2O5S. The SMILES string of the molecule is COC(=O)[C@H](Cc1ccccc1)NC(=O)[C@@H]1CCCN1C(=O)[C@H](C)CSC(C)=O. The van der Waals surface area contributed by atoms with E-state index in [2.05, 4.69) is 5.32 Å². The van der Waals surface area contributed by atoms with Gasteiger partial charge in [0.1, 0.15) is 12.1 Å². The van der Waals surface area contributed by atoms with Crippen molar-refractivity contribution >= 4 is 34.7 Å². The van der Waals surface area contributed by atoms with Gasteiger partial charge >= 0.3 is 5.97 Å². The Morgan fingerprint density at radius 2 is 1.93 bits per heavy atom. The summed E-state index contributed by atoms with van der Waals surface area (Å²) < 4.78 is 4.85. The molecule has 8 heteroatoms. The Balaban J connectivity index is 2.04. The first kappa shape index (κ1) is 22.9. The molecule has 158 valence electrons. The largest absolute Gasteiger partial charge is 0.467 e. The summed E-state index contributed by atoms with van der Waals surface area (Å²) in [6.45, 7) is 3.72. The lowest BCUT2D eigenvalue weighted by atomic mass is 10.0. The molecule has 1 fully saturated rings. The number of benzene rings is 1. The lowest BCUT2D eigenvalue weighted by molar-refractivity contribution is -0.146. The van der Waals surface area contributed by atoms with Crippen molar-refractivity contribution in [1.82, 2.24) is 10.2 Å². The van der Waals surface area contributed by atoms with Crippen molar-refractivity contribution in [1.29, 1.82) is 0 Å². The molecular weight excluding hydrogens is 392 g/mol. The van der Waals surface area contributed by atoms with Crippen LogP contribution >= 0.6 is 11.8 Å². The third-order valence-corrected chi connectivity index (χ3v) is 5.95. The van der Waals surface area contributed by atoms with Crippen LogP contribution < -0.4 is 5.32 Å². The maximum Gasteiger partial charge on any atom is 0.328 e. The fraction of sp³-hybridized carbons (Fsp3) is 0.524. The lowest BCUT2D eigenvalue weighted by Gasteiger charge is -2.28. The molecule has 3 atom stereocenters. The third-order valence-electron chi connectivity index (χ3n) is 4.88. The molecule has 0 aromatic heterocycles. The zero-order valence-electron chi connectivity index (χ0n) is 17.1. The average Bonchev–Trinajstić information content (AvgIpc) is 3.21. The molecule has 1 aliphatic rings. The highest BCUT2D eigenvalue weighted by Crippen LogP contribution is 2.22. The summed E-state index contributed by atoms with van der Waals surface area (Å²) in [5.74, 6) is -0.998. The van der Waals surface area contributed by atoms with Gasteiger partial charge in [0.2, 0.25) is 11.8 Å². The Morgan fingerprint density at radius 3 is 2.55 bits per heavy atom. The molecule has 1 N–H and O–H groups in total. The van der Waals surface area contributed by atoms with Gasteiger partial charge in [-0.3, -0.25) is 14.4 Å². The number of hydrogen-bond donors (Lipinski definition) is 1. The number of ether oxygens (including phenoxy) is 1. The van der Waals surface area contributed by atoms with Crippen LogP contribution in [-0.2, 0) is 30.3 Å². The number of nitrogens with zero attached hydrogens (tertiary/aromatic N) is 1. The van der Waals surface area contributed by atoms with Crippen molar-refractivity contribution in [3.8, 4) is 0 Å². The Morgan fingerprint density at radius 1 is 1.24 bits per heavy atom. The van der Waals surface area contributed by atoms with E-state index in [0.29, 0.717) is 25.1 Å². The third kappa shape index (κ3) is 6.59.